The smallest absolute Gasteiger partial charge is 0.422 e. The minimum Gasteiger partial charge on any atom is -0.495 e. The summed E-state index contributed by atoms with van der Waals surface area (Å²) in [5.41, 5.74) is 0.684. The summed E-state index contributed by atoms with van der Waals surface area (Å²) < 4.78 is 46.2. The third kappa shape index (κ3) is 6.02. The summed E-state index contributed by atoms with van der Waals surface area (Å²) in [7, 11) is 1.43. The summed E-state index contributed by atoms with van der Waals surface area (Å²) in [5, 5.41) is 4.88. The van der Waals surface area contributed by atoms with Crippen LogP contribution in [-0.2, 0) is 4.79 Å². The van der Waals surface area contributed by atoms with E-state index >= 15 is 0 Å². The number of amides is 2. The third-order valence-corrected chi connectivity index (χ3v) is 3.48. The van der Waals surface area contributed by atoms with Crippen LogP contribution in [0.3, 0.4) is 0 Å². The van der Waals surface area contributed by atoms with Gasteiger partial charge in [-0.25, -0.2) is 4.98 Å². The lowest BCUT2D eigenvalue weighted by Gasteiger charge is -2.12. The Morgan fingerprint density at radius 3 is 2.50 bits per heavy atom. The number of hydrogen-bond donors (Lipinski definition) is 2. The van der Waals surface area contributed by atoms with Crippen molar-refractivity contribution in [3.05, 3.63) is 41.0 Å². The Bertz CT molecular complexity index is 890. The average Bonchev–Trinajstić information content (AvgIpc) is 2.59. The van der Waals surface area contributed by atoms with Crippen LogP contribution in [-0.4, -0.2) is 36.7 Å². The molecule has 2 N–H and O–H groups in total. The van der Waals surface area contributed by atoms with Crippen molar-refractivity contribution >= 4 is 34.8 Å². The maximum absolute atomic E-state index is 12.3. The lowest BCUT2D eigenvalue weighted by Crippen LogP contribution is -2.20. The first kappa shape index (κ1) is 21.3. The van der Waals surface area contributed by atoms with E-state index < -0.39 is 24.6 Å². The molecule has 0 aliphatic heterocycles. The number of nitrogens with one attached hydrogen (secondary N) is 2. The van der Waals surface area contributed by atoms with E-state index in [4.69, 9.17) is 16.3 Å². The highest BCUT2D eigenvalue weighted by molar-refractivity contribution is 6.32. The second-order valence-corrected chi connectivity index (χ2v) is 5.87. The van der Waals surface area contributed by atoms with Crippen molar-refractivity contribution in [2.24, 2.45) is 0 Å². The quantitative estimate of drug-likeness (QED) is 0.744. The molecule has 28 heavy (non-hydrogen) atoms. The van der Waals surface area contributed by atoms with Gasteiger partial charge in [-0.15, -0.1) is 0 Å². The molecule has 0 atom stereocenters. The van der Waals surface area contributed by atoms with Crippen LogP contribution < -0.4 is 20.1 Å². The number of alkyl halides is 3. The SMILES string of the molecule is COc1ccc(NC(=O)c2cnc(OCC(F)(F)F)c(Cl)c2)cc1NC(C)=O. The molecule has 7 nitrogen and oxygen atoms in total. The van der Waals surface area contributed by atoms with E-state index in [0.717, 1.165) is 12.3 Å². The Balaban J connectivity index is 2.14. The molecule has 0 aliphatic rings. The predicted molar refractivity (Wildman–Crippen MR) is 96.0 cm³/mol. The average molecular weight is 418 g/mol. The van der Waals surface area contributed by atoms with Crippen LogP contribution in [0.4, 0.5) is 24.5 Å². The minimum absolute atomic E-state index is 0.00116. The summed E-state index contributed by atoms with van der Waals surface area (Å²) >= 11 is 5.83. The van der Waals surface area contributed by atoms with Crippen molar-refractivity contribution in [2.75, 3.05) is 24.4 Å². The molecule has 0 spiro atoms. The van der Waals surface area contributed by atoms with Gasteiger partial charge in [-0.05, 0) is 24.3 Å². The van der Waals surface area contributed by atoms with Gasteiger partial charge in [0.2, 0.25) is 11.8 Å². The van der Waals surface area contributed by atoms with Crippen molar-refractivity contribution in [3.8, 4) is 11.6 Å². The van der Waals surface area contributed by atoms with Gasteiger partial charge >= 0.3 is 6.18 Å². The Hall–Kier alpha value is -3.01. The van der Waals surface area contributed by atoms with Crippen LogP contribution in [0.15, 0.2) is 30.5 Å². The van der Waals surface area contributed by atoms with Gasteiger partial charge in [-0.1, -0.05) is 11.6 Å². The van der Waals surface area contributed by atoms with Gasteiger partial charge < -0.3 is 20.1 Å². The molecule has 2 aromatic rings. The summed E-state index contributed by atoms with van der Waals surface area (Å²) in [6.07, 6.45) is -3.51. The highest BCUT2D eigenvalue weighted by Crippen LogP contribution is 2.29. The second-order valence-electron chi connectivity index (χ2n) is 5.47. The maximum atomic E-state index is 12.3. The molecular weight excluding hydrogens is 403 g/mol. The van der Waals surface area contributed by atoms with E-state index in [1.165, 1.54) is 26.2 Å². The van der Waals surface area contributed by atoms with Crippen LogP contribution in [0, 0.1) is 0 Å². The first-order chi connectivity index (χ1) is 13.1. The number of anilines is 2. The number of halogens is 4. The fourth-order valence-corrected chi connectivity index (χ4v) is 2.30. The number of aromatic nitrogens is 1. The Labute approximate surface area is 162 Å². The number of nitrogens with zero attached hydrogens (tertiary/aromatic N) is 1. The third-order valence-electron chi connectivity index (χ3n) is 3.21. The van der Waals surface area contributed by atoms with Crippen LogP contribution in [0.5, 0.6) is 11.6 Å². The van der Waals surface area contributed by atoms with Crippen LogP contribution in [0.25, 0.3) is 0 Å². The Morgan fingerprint density at radius 2 is 1.93 bits per heavy atom. The highest BCUT2D eigenvalue weighted by Gasteiger charge is 2.29. The monoisotopic (exact) mass is 417 g/mol. The molecule has 2 rings (SSSR count). The zero-order valence-electron chi connectivity index (χ0n) is 14.7. The highest BCUT2D eigenvalue weighted by atomic mass is 35.5. The molecule has 2 amide bonds. The van der Waals surface area contributed by atoms with Gasteiger partial charge in [-0.3, -0.25) is 9.59 Å². The van der Waals surface area contributed by atoms with Crippen molar-refractivity contribution in [3.63, 3.8) is 0 Å². The molecule has 0 aliphatic carbocycles. The lowest BCUT2D eigenvalue weighted by molar-refractivity contribution is -0.154. The summed E-state index contributed by atoms with van der Waals surface area (Å²) in [6.45, 7) is -0.232. The van der Waals surface area contributed by atoms with E-state index in [1.54, 1.807) is 6.07 Å². The number of benzene rings is 1. The number of ether oxygens (including phenoxy) is 2. The van der Waals surface area contributed by atoms with Gasteiger partial charge in [0, 0.05) is 18.8 Å². The van der Waals surface area contributed by atoms with Gasteiger partial charge in [0.25, 0.3) is 5.91 Å². The molecular formula is C17H15ClF3N3O4. The van der Waals surface area contributed by atoms with Gasteiger partial charge in [0.15, 0.2) is 6.61 Å². The summed E-state index contributed by atoms with van der Waals surface area (Å²) in [6, 6.07) is 5.69. The van der Waals surface area contributed by atoms with Crippen molar-refractivity contribution < 1.29 is 32.2 Å². The minimum atomic E-state index is -4.54. The molecule has 1 heterocycles. The molecule has 1 aromatic heterocycles. The molecule has 0 radical (unpaired) electrons. The normalized spacial score (nSPS) is 10.9. The van der Waals surface area contributed by atoms with Crippen LogP contribution >= 0.6 is 11.6 Å². The van der Waals surface area contributed by atoms with Crippen LogP contribution in [0.2, 0.25) is 5.02 Å². The topological polar surface area (TPSA) is 89.6 Å². The molecule has 0 saturated carbocycles. The van der Waals surface area contributed by atoms with Crippen LogP contribution in [0.1, 0.15) is 17.3 Å². The predicted octanol–water partition coefficient (Wildman–Crippen LogP) is 3.90. The molecule has 150 valence electrons. The molecule has 0 fully saturated rings. The van der Waals surface area contributed by atoms with E-state index in [2.05, 4.69) is 20.4 Å². The number of pyridine rings is 1. The molecule has 0 bridgehead atoms. The zero-order valence-corrected chi connectivity index (χ0v) is 15.4. The molecule has 1 aromatic carbocycles. The van der Waals surface area contributed by atoms with E-state index in [9.17, 15) is 22.8 Å². The standard InChI is InChI=1S/C17H15ClF3N3O4/c1-9(25)23-13-6-11(3-4-14(13)27-2)24-15(26)10-5-12(18)16(22-7-10)28-8-17(19,20)21/h3-7H,8H2,1-2H3,(H,23,25)(H,24,26). The van der Waals surface area contributed by atoms with Gasteiger partial charge in [0.1, 0.15) is 10.8 Å². The van der Waals surface area contributed by atoms with Crippen molar-refractivity contribution in [2.45, 2.75) is 13.1 Å². The number of methoxy groups -OCH3 is 1. The number of hydrogen-bond acceptors (Lipinski definition) is 5. The summed E-state index contributed by atoms with van der Waals surface area (Å²) in [4.78, 5) is 27.2. The molecule has 0 unspecified atom stereocenters. The van der Waals surface area contributed by atoms with Gasteiger partial charge in [-0.2, -0.15) is 13.2 Å². The van der Waals surface area contributed by atoms with E-state index in [-0.39, 0.29) is 16.5 Å². The largest absolute Gasteiger partial charge is 0.495 e. The first-order valence-corrected chi connectivity index (χ1v) is 8.09. The zero-order chi connectivity index (χ0) is 20.9. The lowest BCUT2D eigenvalue weighted by atomic mass is 10.2. The fraction of sp³-hybridized carbons (Fsp3) is 0.235. The number of carbonyl (C=O) groups is 2. The first-order valence-electron chi connectivity index (χ1n) is 7.71. The maximum Gasteiger partial charge on any atom is 0.422 e. The second kappa shape index (κ2) is 8.79. The number of rotatable bonds is 6. The fourth-order valence-electron chi connectivity index (χ4n) is 2.08. The van der Waals surface area contributed by atoms with Gasteiger partial charge in [0.05, 0.1) is 18.4 Å². The van der Waals surface area contributed by atoms with E-state index in [1.807, 2.05) is 0 Å². The van der Waals surface area contributed by atoms with Crippen molar-refractivity contribution in [1.29, 1.82) is 0 Å². The summed E-state index contributed by atoms with van der Waals surface area (Å²) in [5.74, 6) is -0.986. The van der Waals surface area contributed by atoms with E-state index in [0.29, 0.717) is 17.1 Å². The Kier molecular flexibility index (Phi) is 6.68. The Morgan fingerprint density at radius 1 is 1.21 bits per heavy atom. The molecule has 0 saturated heterocycles. The van der Waals surface area contributed by atoms with Crippen molar-refractivity contribution in [1.82, 2.24) is 4.98 Å². The molecule has 11 heteroatoms. The number of carbonyl (C=O) groups excluding carboxylic acids is 2.